The summed E-state index contributed by atoms with van der Waals surface area (Å²) in [6.07, 6.45) is 4.68. The van der Waals surface area contributed by atoms with Crippen LogP contribution in [0.1, 0.15) is 47.8 Å². The monoisotopic (exact) mass is 483 g/mol. The number of hydrogen-bond acceptors (Lipinski definition) is 6. The highest BCUT2D eigenvalue weighted by Crippen LogP contribution is 2.68. The van der Waals surface area contributed by atoms with Crippen molar-refractivity contribution in [2.45, 2.75) is 55.3 Å². The summed E-state index contributed by atoms with van der Waals surface area (Å²) in [6.45, 7) is 2.09. The van der Waals surface area contributed by atoms with Gasteiger partial charge in [0, 0.05) is 49.7 Å². The summed E-state index contributed by atoms with van der Waals surface area (Å²) in [5.41, 5.74) is 5.34. The Morgan fingerprint density at radius 2 is 2.03 bits per heavy atom. The Labute approximate surface area is 211 Å². The number of likely N-dealkylation sites (tertiary alicyclic amines) is 1. The zero-order chi connectivity index (χ0) is 24.4. The molecule has 3 heterocycles. The molecule has 36 heavy (non-hydrogen) atoms. The molecular weight excluding hydrogens is 450 g/mol. The van der Waals surface area contributed by atoms with Gasteiger partial charge in [-0.05, 0) is 79.6 Å². The molecule has 2 fully saturated rings. The normalized spacial score (nSPS) is 31.6. The molecule has 2 aliphatic heterocycles. The Balaban J connectivity index is 1.37. The maximum atomic E-state index is 12.9. The minimum atomic E-state index is -0.906. The van der Waals surface area contributed by atoms with Crippen LogP contribution < -0.4 is 14.4 Å². The number of ether oxygens (including phenoxy) is 2. The van der Waals surface area contributed by atoms with Gasteiger partial charge in [0.05, 0.1) is 29.3 Å². The van der Waals surface area contributed by atoms with Crippen LogP contribution in [0.15, 0.2) is 36.4 Å². The predicted octanol–water partition coefficient (Wildman–Crippen LogP) is 4.01. The Morgan fingerprint density at radius 3 is 2.81 bits per heavy atom. The van der Waals surface area contributed by atoms with Gasteiger partial charge in [-0.1, -0.05) is 6.07 Å². The molecule has 0 radical (unpaired) electrons. The van der Waals surface area contributed by atoms with E-state index < -0.39 is 11.0 Å². The molecule has 2 aromatic carbocycles. The van der Waals surface area contributed by atoms with Crippen molar-refractivity contribution in [1.82, 2.24) is 9.88 Å². The Kier molecular flexibility index (Phi) is 4.09. The molecule has 6 heteroatoms. The third-order valence-corrected chi connectivity index (χ3v) is 9.85. The van der Waals surface area contributed by atoms with E-state index in [1.165, 1.54) is 24.0 Å². The first-order chi connectivity index (χ1) is 17.4. The molecule has 186 valence electrons. The average Bonchev–Trinajstić information content (AvgIpc) is 3.61. The van der Waals surface area contributed by atoms with Gasteiger partial charge in [0.1, 0.15) is 0 Å². The van der Waals surface area contributed by atoms with Gasteiger partial charge in [0.15, 0.2) is 17.6 Å². The molecule has 1 spiro atoms. The van der Waals surface area contributed by atoms with Crippen molar-refractivity contribution in [3.05, 3.63) is 58.8 Å². The van der Waals surface area contributed by atoms with Crippen LogP contribution in [0, 0.1) is 5.92 Å². The highest BCUT2D eigenvalue weighted by Gasteiger charge is 2.72. The average molecular weight is 484 g/mol. The number of pyridine rings is 1. The van der Waals surface area contributed by atoms with Crippen molar-refractivity contribution in [2.75, 3.05) is 39.2 Å². The molecule has 3 aliphatic carbocycles. The lowest BCUT2D eigenvalue weighted by molar-refractivity contribution is -0.173. The van der Waals surface area contributed by atoms with Crippen LogP contribution in [-0.4, -0.2) is 60.9 Å². The molecular formula is C30H33N3O3. The van der Waals surface area contributed by atoms with Crippen LogP contribution >= 0.6 is 0 Å². The Hall–Kier alpha value is -2.83. The van der Waals surface area contributed by atoms with E-state index in [4.69, 9.17) is 14.5 Å². The molecule has 2 unspecified atom stereocenters. The first-order valence-electron chi connectivity index (χ1n) is 13.4. The molecule has 1 saturated carbocycles. The van der Waals surface area contributed by atoms with E-state index in [0.29, 0.717) is 6.42 Å². The summed E-state index contributed by atoms with van der Waals surface area (Å²) in [5, 5.41) is 14.1. The van der Waals surface area contributed by atoms with Crippen molar-refractivity contribution < 1.29 is 14.6 Å². The molecule has 0 amide bonds. The molecule has 6 nitrogen and oxygen atoms in total. The molecule has 1 aromatic heterocycles. The standard InChI is InChI=1S/C30H33N3O3/c1-32(2)21-7-8-22-19(13-21)12-20-15-30(34)24-14-18-6-9-23(35-3)27-25(18)29(30,28(36-27)26(20)31-22)10-11-33(24)16-17-4-5-17/h6-9,12-13,17,24,28,34H,4-5,10-11,14-16H2,1-3H3/t24-,28?,29-,30?/m0/s1. The predicted molar refractivity (Wildman–Crippen MR) is 139 cm³/mol. The second-order valence-corrected chi connectivity index (χ2v) is 11.9. The van der Waals surface area contributed by atoms with Crippen LogP contribution in [0.5, 0.6) is 11.5 Å². The molecule has 8 rings (SSSR count). The number of piperidine rings is 1. The van der Waals surface area contributed by atoms with Crippen LogP contribution in [-0.2, 0) is 18.3 Å². The van der Waals surface area contributed by atoms with E-state index in [0.717, 1.165) is 71.2 Å². The number of methoxy groups -OCH3 is 1. The van der Waals surface area contributed by atoms with Crippen LogP contribution in [0.3, 0.4) is 0 Å². The largest absolute Gasteiger partial charge is 0.493 e. The second-order valence-electron chi connectivity index (χ2n) is 11.9. The number of hydrogen-bond donors (Lipinski definition) is 1. The first kappa shape index (κ1) is 21.3. The van der Waals surface area contributed by atoms with E-state index in [1.807, 2.05) is 6.07 Å². The van der Waals surface area contributed by atoms with Gasteiger partial charge in [-0.15, -0.1) is 0 Å². The number of nitrogens with zero attached hydrogens (tertiary/aromatic N) is 3. The van der Waals surface area contributed by atoms with Crippen LogP contribution in [0.25, 0.3) is 10.9 Å². The lowest BCUT2D eigenvalue weighted by atomic mass is 9.49. The van der Waals surface area contributed by atoms with Crippen molar-refractivity contribution in [3.8, 4) is 11.5 Å². The summed E-state index contributed by atoms with van der Waals surface area (Å²) in [7, 11) is 5.83. The van der Waals surface area contributed by atoms with E-state index >= 15 is 0 Å². The Bertz CT molecular complexity index is 1430. The highest BCUT2D eigenvalue weighted by molar-refractivity contribution is 5.84. The van der Waals surface area contributed by atoms with Crippen molar-refractivity contribution in [2.24, 2.45) is 5.92 Å². The number of aromatic nitrogens is 1. The molecule has 1 saturated heterocycles. The zero-order valence-corrected chi connectivity index (χ0v) is 21.3. The number of anilines is 1. The van der Waals surface area contributed by atoms with Crippen molar-refractivity contribution in [3.63, 3.8) is 0 Å². The Morgan fingerprint density at radius 1 is 1.17 bits per heavy atom. The molecule has 3 aromatic rings. The number of aliphatic hydroxyl groups is 1. The smallest absolute Gasteiger partial charge is 0.166 e. The fourth-order valence-electron chi connectivity index (χ4n) is 7.96. The van der Waals surface area contributed by atoms with Gasteiger partial charge in [-0.25, -0.2) is 4.98 Å². The van der Waals surface area contributed by atoms with E-state index in [9.17, 15) is 5.11 Å². The summed E-state index contributed by atoms with van der Waals surface area (Å²) in [4.78, 5) is 9.95. The summed E-state index contributed by atoms with van der Waals surface area (Å²) >= 11 is 0. The van der Waals surface area contributed by atoms with Gasteiger partial charge in [0.25, 0.3) is 0 Å². The molecule has 4 atom stereocenters. The zero-order valence-electron chi connectivity index (χ0n) is 21.3. The van der Waals surface area contributed by atoms with Gasteiger partial charge < -0.3 is 19.5 Å². The fraction of sp³-hybridized carbons (Fsp3) is 0.500. The van der Waals surface area contributed by atoms with E-state index in [1.54, 1.807) is 7.11 Å². The van der Waals surface area contributed by atoms with Gasteiger partial charge in [-0.3, -0.25) is 4.90 Å². The lowest BCUT2D eigenvalue weighted by Gasteiger charge is -2.63. The number of rotatable bonds is 4. The first-order valence-corrected chi connectivity index (χ1v) is 13.4. The van der Waals surface area contributed by atoms with Crippen molar-refractivity contribution >= 4 is 16.6 Å². The summed E-state index contributed by atoms with van der Waals surface area (Å²) in [6, 6.07) is 13.0. The van der Waals surface area contributed by atoms with E-state index in [2.05, 4.69) is 54.2 Å². The second kappa shape index (κ2) is 6.93. The van der Waals surface area contributed by atoms with Crippen LogP contribution in [0.2, 0.25) is 0 Å². The SMILES string of the molecule is COc1ccc2c3c1OC1c4nc5ccc(N(C)C)cc5cc4CC4(O)[C@H](C2)N(CC2CC2)CC[C@]314. The third-order valence-electron chi connectivity index (χ3n) is 9.85. The van der Waals surface area contributed by atoms with Gasteiger partial charge >= 0.3 is 0 Å². The summed E-state index contributed by atoms with van der Waals surface area (Å²) < 4.78 is 12.6. The lowest BCUT2D eigenvalue weighted by Crippen LogP contribution is -2.74. The molecule has 5 aliphatic rings. The highest BCUT2D eigenvalue weighted by atomic mass is 16.5. The number of fused-ring (bicyclic) bond motifs is 3. The maximum absolute atomic E-state index is 12.9. The maximum Gasteiger partial charge on any atom is 0.166 e. The minimum absolute atomic E-state index is 0.0850. The fourth-order valence-corrected chi connectivity index (χ4v) is 7.96. The summed E-state index contributed by atoms with van der Waals surface area (Å²) in [5.74, 6) is 2.37. The van der Waals surface area contributed by atoms with Crippen molar-refractivity contribution in [1.29, 1.82) is 0 Å². The molecule has 1 N–H and O–H groups in total. The van der Waals surface area contributed by atoms with Gasteiger partial charge in [-0.2, -0.15) is 0 Å². The topological polar surface area (TPSA) is 58.1 Å². The minimum Gasteiger partial charge on any atom is -0.493 e. The quantitative estimate of drug-likeness (QED) is 0.605. The van der Waals surface area contributed by atoms with Crippen LogP contribution in [0.4, 0.5) is 5.69 Å². The van der Waals surface area contributed by atoms with E-state index in [-0.39, 0.29) is 12.1 Å². The van der Waals surface area contributed by atoms with Gasteiger partial charge in [0.2, 0.25) is 0 Å². The number of benzene rings is 2. The third kappa shape index (κ3) is 2.52. The molecule has 2 bridgehead atoms.